The average molecular weight is 291 g/mol. The third-order valence-corrected chi connectivity index (χ3v) is 3.85. The van der Waals surface area contributed by atoms with E-state index in [1.165, 1.54) is 0 Å². The Kier molecular flexibility index (Phi) is 3.54. The molecule has 2 unspecified atom stereocenters. The number of benzene rings is 1. The summed E-state index contributed by atoms with van der Waals surface area (Å²) in [6, 6.07) is 7.22. The fourth-order valence-corrected chi connectivity index (χ4v) is 2.62. The highest BCUT2D eigenvalue weighted by Crippen LogP contribution is 2.22. The van der Waals surface area contributed by atoms with E-state index in [0.29, 0.717) is 22.8 Å². The van der Waals surface area contributed by atoms with Gasteiger partial charge < -0.3 is 10.6 Å². The van der Waals surface area contributed by atoms with E-state index in [2.05, 4.69) is 27.5 Å². The number of rotatable bonds is 2. The number of hydrogen-bond acceptors (Lipinski definition) is 4. The van der Waals surface area contributed by atoms with E-state index in [4.69, 9.17) is 11.6 Å². The van der Waals surface area contributed by atoms with Crippen molar-refractivity contribution in [3.8, 4) is 0 Å². The minimum Gasteiger partial charge on any atom is -0.307 e. The number of amides is 1. The normalized spacial score (nSPS) is 22.1. The van der Waals surface area contributed by atoms with Crippen molar-refractivity contribution in [1.29, 1.82) is 0 Å². The van der Waals surface area contributed by atoms with Crippen LogP contribution in [0.3, 0.4) is 0 Å². The summed E-state index contributed by atoms with van der Waals surface area (Å²) in [6.07, 6.45) is 0.995. The van der Waals surface area contributed by atoms with Gasteiger partial charge in [0.25, 0.3) is 0 Å². The van der Waals surface area contributed by atoms with Gasteiger partial charge >= 0.3 is 0 Å². The van der Waals surface area contributed by atoms with E-state index in [0.717, 1.165) is 13.0 Å². The van der Waals surface area contributed by atoms with Gasteiger partial charge in [0.1, 0.15) is 0 Å². The van der Waals surface area contributed by atoms with Gasteiger partial charge in [-0.2, -0.15) is 0 Å². The Balaban J connectivity index is 1.86. The quantitative estimate of drug-likeness (QED) is 0.890. The van der Waals surface area contributed by atoms with Crippen LogP contribution in [0.1, 0.15) is 13.3 Å². The average Bonchev–Trinajstić information content (AvgIpc) is 2.86. The van der Waals surface area contributed by atoms with Gasteiger partial charge in [-0.05, 0) is 31.0 Å². The van der Waals surface area contributed by atoms with Crippen LogP contribution in [0, 0.1) is 5.92 Å². The lowest BCUT2D eigenvalue weighted by atomic mass is 10.0. The van der Waals surface area contributed by atoms with Crippen molar-refractivity contribution in [3.63, 3.8) is 0 Å². The molecule has 5 nitrogen and oxygen atoms in total. The van der Waals surface area contributed by atoms with Crippen LogP contribution in [0.25, 0.3) is 11.0 Å². The van der Waals surface area contributed by atoms with Crippen LogP contribution in [0.2, 0.25) is 5.15 Å². The molecule has 2 atom stereocenters. The maximum Gasteiger partial charge on any atom is 0.243 e. The minimum absolute atomic E-state index is 0.110. The van der Waals surface area contributed by atoms with Gasteiger partial charge in [-0.3, -0.25) is 4.79 Å². The summed E-state index contributed by atoms with van der Waals surface area (Å²) < 4.78 is 0. The molecule has 0 saturated carbocycles. The van der Waals surface area contributed by atoms with E-state index in [-0.39, 0.29) is 17.1 Å². The SMILES string of the molecule is CC1CCNC1C(=O)Nc1nc2ccccc2nc1Cl. The molecule has 2 N–H and O–H groups in total. The van der Waals surface area contributed by atoms with E-state index < -0.39 is 0 Å². The number of anilines is 1. The van der Waals surface area contributed by atoms with Crippen LogP contribution in [0.4, 0.5) is 5.82 Å². The van der Waals surface area contributed by atoms with E-state index in [9.17, 15) is 4.79 Å². The molecule has 0 spiro atoms. The van der Waals surface area contributed by atoms with Crippen LogP contribution in [0.5, 0.6) is 0 Å². The molecule has 6 heteroatoms. The first-order valence-corrected chi connectivity index (χ1v) is 6.99. The zero-order chi connectivity index (χ0) is 14.1. The lowest BCUT2D eigenvalue weighted by Gasteiger charge is -2.15. The highest BCUT2D eigenvalue weighted by molar-refractivity contribution is 6.32. The highest BCUT2D eigenvalue weighted by atomic mass is 35.5. The van der Waals surface area contributed by atoms with Crippen molar-refractivity contribution >= 4 is 34.4 Å². The molecule has 20 heavy (non-hydrogen) atoms. The Morgan fingerprint density at radius 2 is 2.05 bits per heavy atom. The van der Waals surface area contributed by atoms with Crippen molar-refractivity contribution in [3.05, 3.63) is 29.4 Å². The van der Waals surface area contributed by atoms with Crippen LogP contribution < -0.4 is 10.6 Å². The molecule has 1 aliphatic rings. The molecule has 2 aromatic rings. The predicted molar refractivity (Wildman–Crippen MR) is 78.7 cm³/mol. The van der Waals surface area contributed by atoms with Gasteiger partial charge in [0.15, 0.2) is 11.0 Å². The zero-order valence-electron chi connectivity index (χ0n) is 11.1. The molecular formula is C14H15ClN4O. The first kappa shape index (κ1) is 13.3. The number of para-hydroxylation sites is 2. The number of fused-ring (bicyclic) bond motifs is 1. The molecule has 0 radical (unpaired) electrons. The second kappa shape index (κ2) is 5.34. The van der Waals surface area contributed by atoms with Crippen LogP contribution in [-0.2, 0) is 4.79 Å². The number of nitrogens with zero attached hydrogens (tertiary/aromatic N) is 2. The Morgan fingerprint density at radius 1 is 1.35 bits per heavy atom. The molecule has 1 saturated heterocycles. The van der Waals surface area contributed by atoms with Crippen LogP contribution in [0.15, 0.2) is 24.3 Å². The maximum absolute atomic E-state index is 12.2. The minimum atomic E-state index is -0.195. The second-order valence-corrected chi connectivity index (χ2v) is 5.40. The topological polar surface area (TPSA) is 66.9 Å². The van der Waals surface area contributed by atoms with E-state index in [1.54, 1.807) is 0 Å². The molecule has 3 rings (SSSR count). The van der Waals surface area contributed by atoms with Gasteiger partial charge in [-0.1, -0.05) is 30.7 Å². The largest absolute Gasteiger partial charge is 0.307 e. The number of hydrogen-bond donors (Lipinski definition) is 2. The van der Waals surface area contributed by atoms with Crippen LogP contribution in [-0.4, -0.2) is 28.5 Å². The van der Waals surface area contributed by atoms with Crippen molar-refractivity contribution in [2.45, 2.75) is 19.4 Å². The lowest BCUT2D eigenvalue weighted by molar-refractivity contribution is -0.118. The first-order chi connectivity index (χ1) is 9.65. The van der Waals surface area contributed by atoms with E-state index >= 15 is 0 Å². The summed E-state index contributed by atoms with van der Waals surface area (Å²) in [4.78, 5) is 20.8. The van der Waals surface area contributed by atoms with Gasteiger partial charge in [0.05, 0.1) is 17.1 Å². The van der Waals surface area contributed by atoms with Gasteiger partial charge in [-0.25, -0.2) is 9.97 Å². The number of aromatic nitrogens is 2. The zero-order valence-corrected chi connectivity index (χ0v) is 11.8. The molecular weight excluding hydrogens is 276 g/mol. The molecule has 104 valence electrons. The van der Waals surface area contributed by atoms with Crippen LogP contribution >= 0.6 is 11.6 Å². The Hall–Kier alpha value is -1.72. The molecule has 1 aromatic heterocycles. The smallest absolute Gasteiger partial charge is 0.243 e. The Bertz CT molecular complexity index is 661. The number of carbonyl (C=O) groups excluding carboxylic acids is 1. The molecule has 0 bridgehead atoms. The lowest BCUT2D eigenvalue weighted by Crippen LogP contribution is -2.39. The molecule has 1 fully saturated rings. The van der Waals surface area contributed by atoms with Gasteiger partial charge in [-0.15, -0.1) is 0 Å². The van der Waals surface area contributed by atoms with Crippen molar-refractivity contribution in [2.24, 2.45) is 5.92 Å². The summed E-state index contributed by atoms with van der Waals surface area (Å²) in [5.41, 5.74) is 1.42. The molecule has 1 aromatic carbocycles. The summed E-state index contributed by atoms with van der Waals surface area (Å²) in [5.74, 6) is 0.514. The third kappa shape index (κ3) is 2.46. The monoisotopic (exact) mass is 290 g/mol. The summed E-state index contributed by atoms with van der Waals surface area (Å²) in [6.45, 7) is 2.91. The molecule has 1 aliphatic heterocycles. The predicted octanol–water partition coefficient (Wildman–Crippen LogP) is 2.22. The van der Waals surface area contributed by atoms with Gasteiger partial charge in [0, 0.05) is 0 Å². The Morgan fingerprint density at radius 3 is 2.70 bits per heavy atom. The summed E-state index contributed by atoms with van der Waals surface area (Å²) >= 11 is 6.08. The highest BCUT2D eigenvalue weighted by Gasteiger charge is 2.29. The van der Waals surface area contributed by atoms with Crippen molar-refractivity contribution in [1.82, 2.24) is 15.3 Å². The summed E-state index contributed by atoms with van der Waals surface area (Å²) in [5, 5.41) is 6.16. The molecule has 1 amide bonds. The maximum atomic E-state index is 12.2. The van der Waals surface area contributed by atoms with Crippen molar-refractivity contribution in [2.75, 3.05) is 11.9 Å². The standard InChI is InChI=1S/C14H15ClN4O/c1-8-6-7-16-11(8)14(20)19-13-12(15)17-9-4-2-3-5-10(9)18-13/h2-5,8,11,16H,6-7H2,1H3,(H,18,19,20). The number of halogens is 1. The number of carbonyl (C=O) groups is 1. The Labute approximate surface area is 121 Å². The van der Waals surface area contributed by atoms with E-state index in [1.807, 2.05) is 24.3 Å². The second-order valence-electron chi connectivity index (χ2n) is 5.04. The third-order valence-electron chi connectivity index (χ3n) is 3.59. The first-order valence-electron chi connectivity index (χ1n) is 6.61. The number of nitrogens with one attached hydrogen (secondary N) is 2. The molecule has 0 aliphatic carbocycles. The fraction of sp³-hybridized carbons (Fsp3) is 0.357. The molecule has 2 heterocycles. The van der Waals surface area contributed by atoms with Gasteiger partial charge in [0.2, 0.25) is 5.91 Å². The fourth-order valence-electron chi connectivity index (χ4n) is 2.44. The summed E-state index contributed by atoms with van der Waals surface area (Å²) in [7, 11) is 0. The van der Waals surface area contributed by atoms with Crippen molar-refractivity contribution < 1.29 is 4.79 Å².